The molecule has 0 saturated heterocycles. The number of nitrogens with zero attached hydrogens (tertiary/aromatic N) is 1. The highest BCUT2D eigenvalue weighted by atomic mass is 16.5. The van der Waals surface area contributed by atoms with E-state index < -0.39 is 0 Å². The number of fused-ring (bicyclic) bond motifs is 2. The van der Waals surface area contributed by atoms with Gasteiger partial charge < -0.3 is 9.47 Å². The van der Waals surface area contributed by atoms with E-state index in [0.29, 0.717) is 29.8 Å². The van der Waals surface area contributed by atoms with Gasteiger partial charge in [0.2, 0.25) is 0 Å². The van der Waals surface area contributed by atoms with Crippen LogP contribution in [0, 0.1) is 34.0 Å². The summed E-state index contributed by atoms with van der Waals surface area (Å²) in [6.07, 6.45) is 12.2. The quantitative estimate of drug-likeness (QED) is 0.384. The lowest BCUT2D eigenvalue weighted by molar-refractivity contribution is -0.559. The third-order valence-corrected chi connectivity index (χ3v) is 9.91. The Kier molecular flexibility index (Phi) is 4.91. The van der Waals surface area contributed by atoms with Crippen molar-refractivity contribution >= 4 is 18.2 Å². The third-order valence-electron chi connectivity index (χ3n) is 9.91. The number of carbonyl (C=O) groups is 2. The molecule has 0 aromatic carbocycles. The average Bonchev–Trinajstić information content (AvgIpc) is 2.69. The maximum atomic E-state index is 12.1. The van der Waals surface area contributed by atoms with Crippen LogP contribution in [0.5, 0.6) is 0 Å². The van der Waals surface area contributed by atoms with Crippen molar-refractivity contribution in [3.8, 4) is 0 Å². The number of hydrogen-bond donors (Lipinski definition) is 0. The van der Waals surface area contributed by atoms with Gasteiger partial charge in [-0.25, -0.2) is 4.58 Å². The normalized spacial score (nSPS) is 45.3. The van der Waals surface area contributed by atoms with Crippen molar-refractivity contribution < 1.29 is 23.6 Å². The number of ether oxygens (including phenoxy) is 2. The minimum absolute atomic E-state index is 0.0433. The molecule has 0 aromatic heterocycles. The van der Waals surface area contributed by atoms with Gasteiger partial charge in [-0.2, -0.15) is 0 Å². The Hall–Kier alpha value is -1.65. The first-order valence-electron chi connectivity index (χ1n) is 12.3. The van der Waals surface area contributed by atoms with Gasteiger partial charge >= 0.3 is 11.9 Å². The summed E-state index contributed by atoms with van der Waals surface area (Å²) in [4.78, 5) is 23.4. The molecule has 5 heteroatoms. The van der Waals surface area contributed by atoms with Gasteiger partial charge in [-0.15, -0.1) is 0 Å². The van der Waals surface area contributed by atoms with Crippen LogP contribution < -0.4 is 0 Å². The largest absolute Gasteiger partial charge is 0.459 e. The van der Waals surface area contributed by atoms with Gasteiger partial charge in [-0.3, -0.25) is 9.59 Å². The highest BCUT2D eigenvalue weighted by Crippen LogP contribution is 2.72. The maximum absolute atomic E-state index is 12.1. The Morgan fingerprint density at radius 2 is 1.90 bits per heavy atom. The molecule has 5 fully saturated rings. The molecule has 7 atom stereocenters. The zero-order valence-corrected chi connectivity index (χ0v) is 19.5. The average molecular weight is 429 g/mol. The van der Waals surface area contributed by atoms with E-state index in [1.165, 1.54) is 51.0 Å². The lowest BCUT2D eigenvalue weighted by atomic mass is 9.35. The summed E-state index contributed by atoms with van der Waals surface area (Å²) < 4.78 is 13.8. The van der Waals surface area contributed by atoms with E-state index in [1.807, 2.05) is 0 Å². The molecule has 4 bridgehead atoms. The maximum Gasteiger partial charge on any atom is 0.303 e. The topological polar surface area (TPSA) is 55.6 Å². The van der Waals surface area contributed by atoms with E-state index in [1.54, 1.807) is 6.92 Å². The molecule has 0 amide bonds. The molecule has 0 N–H and O–H groups in total. The van der Waals surface area contributed by atoms with Crippen LogP contribution in [0.15, 0.2) is 12.2 Å². The standard InChI is InChI=1S/C26H38NO4/c1-17-20-6-10-25(23(17)31-19(3)29)11-7-21-24(4)8-5-9-26(21,22(25)14-20)16-27(15-24)12-13-30-18(2)28/h16,20-23H,1,5-15H2,2-4H3/q+1/t20-,21+,22+,23+,24+,25-,26+/m1/s1. The van der Waals surface area contributed by atoms with Crippen molar-refractivity contribution in [1.29, 1.82) is 0 Å². The fraction of sp³-hybridized carbons (Fsp3) is 0.808. The first-order chi connectivity index (χ1) is 14.7. The van der Waals surface area contributed by atoms with E-state index in [9.17, 15) is 9.59 Å². The van der Waals surface area contributed by atoms with Gasteiger partial charge in [0.25, 0.3) is 0 Å². The number of hydrogen-bond acceptors (Lipinski definition) is 4. The Morgan fingerprint density at radius 3 is 2.65 bits per heavy atom. The van der Waals surface area contributed by atoms with Gasteiger partial charge in [0, 0.05) is 24.7 Å². The Balaban J connectivity index is 1.55. The minimum Gasteiger partial charge on any atom is -0.459 e. The predicted molar refractivity (Wildman–Crippen MR) is 118 cm³/mol. The van der Waals surface area contributed by atoms with E-state index in [4.69, 9.17) is 9.47 Å². The van der Waals surface area contributed by atoms with E-state index >= 15 is 0 Å². The SMILES string of the molecule is C=C1[C@@H]2CC[C@]3(CC[C@H]4[C@@]5(C)CCC[C@@]4(C=[N+](CCOC(C)=O)C5)[C@H]3C2)[C@H]1OC(C)=O. The van der Waals surface area contributed by atoms with Crippen molar-refractivity contribution in [3.63, 3.8) is 0 Å². The molecule has 5 saturated carbocycles. The number of rotatable bonds is 4. The van der Waals surface area contributed by atoms with Crippen molar-refractivity contribution in [1.82, 2.24) is 0 Å². The Labute approximate surface area is 186 Å². The van der Waals surface area contributed by atoms with Crippen LogP contribution in [-0.4, -0.2) is 48.5 Å². The number of esters is 2. The molecule has 1 spiro atoms. The second kappa shape index (κ2) is 7.18. The highest BCUT2D eigenvalue weighted by molar-refractivity contribution is 5.68. The minimum atomic E-state index is -0.205. The zero-order valence-electron chi connectivity index (χ0n) is 19.5. The zero-order chi connectivity index (χ0) is 22.0. The molecule has 6 rings (SSSR count). The smallest absolute Gasteiger partial charge is 0.303 e. The second-order valence-electron chi connectivity index (χ2n) is 11.5. The summed E-state index contributed by atoms with van der Waals surface area (Å²) in [6.45, 7) is 12.2. The van der Waals surface area contributed by atoms with Gasteiger partial charge in [0.05, 0.1) is 5.41 Å². The summed E-state index contributed by atoms with van der Waals surface area (Å²) in [6, 6.07) is 0. The second-order valence-corrected chi connectivity index (χ2v) is 11.5. The van der Waals surface area contributed by atoms with Crippen LogP contribution in [0.25, 0.3) is 0 Å². The molecule has 5 aliphatic carbocycles. The van der Waals surface area contributed by atoms with Crippen LogP contribution >= 0.6 is 0 Å². The molecule has 0 aromatic rings. The van der Waals surface area contributed by atoms with Crippen molar-refractivity contribution in [2.24, 2.45) is 34.0 Å². The van der Waals surface area contributed by atoms with Gasteiger partial charge in [-0.05, 0) is 68.3 Å². The van der Waals surface area contributed by atoms with Crippen LogP contribution in [0.2, 0.25) is 0 Å². The number of carbonyl (C=O) groups excluding carboxylic acids is 2. The molecule has 5 nitrogen and oxygen atoms in total. The summed E-state index contributed by atoms with van der Waals surface area (Å²) in [7, 11) is 0. The highest BCUT2D eigenvalue weighted by Gasteiger charge is 2.71. The molecule has 6 aliphatic rings. The lowest BCUT2D eigenvalue weighted by Gasteiger charge is -2.69. The summed E-state index contributed by atoms with van der Waals surface area (Å²) in [5, 5.41) is 0. The molecule has 1 aliphatic heterocycles. The third kappa shape index (κ3) is 3.05. The molecule has 170 valence electrons. The molecule has 31 heavy (non-hydrogen) atoms. The van der Waals surface area contributed by atoms with E-state index in [0.717, 1.165) is 25.9 Å². The van der Waals surface area contributed by atoms with Crippen LogP contribution in [0.1, 0.15) is 72.1 Å². The summed E-state index contributed by atoms with van der Waals surface area (Å²) in [5.74, 6) is 1.34. The Bertz CT molecular complexity index is 848. The van der Waals surface area contributed by atoms with Crippen molar-refractivity contribution in [2.75, 3.05) is 19.7 Å². The van der Waals surface area contributed by atoms with Crippen molar-refractivity contribution in [3.05, 3.63) is 12.2 Å². The fourth-order valence-corrected chi connectivity index (χ4v) is 9.01. The molecule has 0 unspecified atom stereocenters. The van der Waals surface area contributed by atoms with Crippen LogP contribution in [0.3, 0.4) is 0 Å². The van der Waals surface area contributed by atoms with Crippen LogP contribution in [0.4, 0.5) is 0 Å². The summed E-state index contributed by atoms with van der Waals surface area (Å²) in [5.41, 5.74) is 1.68. The first kappa shape index (κ1) is 21.2. The van der Waals surface area contributed by atoms with E-state index in [2.05, 4.69) is 24.3 Å². The molecule has 0 radical (unpaired) electrons. The Morgan fingerprint density at radius 1 is 1.13 bits per heavy atom. The van der Waals surface area contributed by atoms with Gasteiger partial charge in [-0.1, -0.05) is 19.9 Å². The lowest BCUT2D eigenvalue weighted by Crippen LogP contribution is -2.69. The van der Waals surface area contributed by atoms with Gasteiger partial charge in [0.15, 0.2) is 6.54 Å². The van der Waals surface area contributed by atoms with Crippen molar-refractivity contribution in [2.45, 2.75) is 78.2 Å². The fourth-order valence-electron chi connectivity index (χ4n) is 9.01. The molecular weight excluding hydrogens is 390 g/mol. The van der Waals surface area contributed by atoms with Crippen LogP contribution in [-0.2, 0) is 19.1 Å². The van der Waals surface area contributed by atoms with E-state index in [-0.39, 0.29) is 28.9 Å². The van der Waals surface area contributed by atoms with Gasteiger partial charge in [0.1, 0.15) is 25.5 Å². The molecule has 1 heterocycles. The monoisotopic (exact) mass is 428 g/mol. The molecular formula is C26H38NO4+. The summed E-state index contributed by atoms with van der Waals surface area (Å²) >= 11 is 0. The first-order valence-corrected chi connectivity index (χ1v) is 12.3. The predicted octanol–water partition coefficient (Wildman–Crippen LogP) is 4.14.